The molecule has 0 amide bonds. The molecule has 4 rings (SSSR count). The van der Waals surface area contributed by atoms with Gasteiger partial charge in [0, 0.05) is 23.1 Å². The summed E-state index contributed by atoms with van der Waals surface area (Å²) in [6, 6.07) is 14.2. The Morgan fingerprint density at radius 1 is 0.971 bits per heavy atom. The number of fused-ring (bicyclic) bond motifs is 1. The number of hydrogen-bond donors (Lipinski definition) is 2. The number of phenols is 2. The molecule has 0 unspecified atom stereocenters. The number of carbonyl (C=O) groups excluding carboxylic acids is 1. The van der Waals surface area contributed by atoms with Crippen molar-refractivity contribution in [2.24, 2.45) is 0 Å². The van der Waals surface area contributed by atoms with Crippen molar-refractivity contribution in [2.45, 2.75) is 12.3 Å². The Morgan fingerprint density at radius 3 is 2.37 bits per heavy atom. The Morgan fingerprint density at radius 2 is 1.71 bits per heavy atom. The van der Waals surface area contributed by atoms with Gasteiger partial charge in [-0.25, -0.2) is 0 Å². The summed E-state index contributed by atoms with van der Waals surface area (Å²) in [6.45, 7) is 0. The van der Waals surface area contributed by atoms with E-state index in [9.17, 15) is 19.8 Å². The minimum atomic E-state index is -0.755. The lowest BCUT2D eigenvalue weighted by atomic mass is 9.85. The first-order chi connectivity index (χ1) is 16.9. The van der Waals surface area contributed by atoms with Gasteiger partial charge in [-0.1, -0.05) is 18.2 Å². The van der Waals surface area contributed by atoms with Crippen molar-refractivity contribution >= 4 is 16.9 Å². The van der Waals surface area contributed by atoms with Gasteiger partial charge in [0.15, 0.2) is 0 Å². The zero-order chi connectivity index (χ0) is 25.1. The molecule has 35 heavy (non-hydrogen) atoms. The third-order valence-electron chi connectivity index (χ3n) is 5.90. The molecule has 0 bridgehead atoms. The van der Waals surface area contributed by atoms with Gasteiger partial charge < -0.3 is 28.8 Å². The van der Waals surface area contributed by atoms with Gasteiger partial charge in [-0.3, -0.25) is 9.59 Å². The molecule has 0 radical (unpaired) electrons. The average molecular weight is 476 g/mol. The molecule has 1 heterocycles. The van der Waals surface area contributed by atoms with Crippen molar-refractivity contribution in [2.75, 3.05) is 21.3 Å². The van der Waals surface area contributed by atoms with Crippen LogP contribution in [-0.2, 0) is 9.53 Å². The first-order valence-corrected chi connectivity index (χ1v) is 10.7. The van der Waals surface area contributed by atoms with E-state index < -0.39 is 11.9 Å². The maximum absolute atomic E-state index is 13.4. The number of hydrogen-bond acceptors (Lipinski definition) is 8. The summed E-state index contributed by atoms with van der Waals surface area (Å²) >= 11 is 0. The molecule has 8 nitrogen and oxygen atoms in total. The van der Waals surface area contributed by atoms with Crippen molar-refractivity contribution in [3.8, 4) is 34.1 Å². The van der Waals surface area contributed by atoms with E-state index in [1.54, 1.807) is 30.3 Å². The van der Waals surface area contributed by atoms with Gasteiger partial charge in [0.05, 0.1) is 38.7 Å². The Balaban J connectivity index is 1.96. The molecule has 2 N–H and O–H groups in total. The Kier molecular flexibility index (Phi) is 6.64. The molecule has 8 heteroatoms. The minimum Gasteiger partial charge on any atom is -0.508 e. The Hall–Kier alpha value is -4.46. The first kappa shape index (κ1) is 23.7. The topological polar surface area (TPSA) is 115 Å². The molecule has 0 aliphatic carbocycles. The maximum Gasteiger partial charge on any atom is 0.306 e. The molecule has 0 fully saturated rings. The Labute approximate surface area is 200 Å². The highest BCUT2D eigenvalue weighted by atomic mass is 16.5. The molecule has 1 atom stereocenters. The van der Waals surface area contributed by atoms with E-state index >= 15 is 0 Å². The number of ether oxygens (including phenoxy) is 3. The molecule has 0 saturated carbocycles. The molecule has 0 saturated heterocycles. The van der Waals surface area contributed by atoms with Crippen LogP contribution in [0.5, 0.6) is 23.0 Å². The number of methoxy groups -OCH3 is 3. The van der Waals surface area contributed by atoms with Gasteiger partial charge >= 0.3 is 5.97 Å². The quantitative estimate of drug-likeness (QED) is 0.372. The Bertz CT molecular complexity index is 1440. The van der Waals surface area contributed by atoms with Crippen LogP contribution in [0.25, 0.3) is 22.1 Å². The average Bonchev–Trinajstić information content (AvgIpc) is 2.88. The van der Waals surface area contributed by atoms with E-state index in [1.807, 2.05) is 0 Å². The zero-order valence-corrected chi connectivity index (χ0v) is 19.4. The van der Waals surface area contributed by atoms with Gasteiger partial charge in [0.25, 0.3) is 0 Å². The normalized spacial score (nSPS) is 11.7. The predicted octanol–water partition coefficient (Wildman–Crippen LogP) is 4.58. The van der Waals surface area contributed by atoms with Crippen molar-refractivity contribution < 1.29 is 33.6 Å². The second-order valence-electron chi connectivity index (χ2n) is 7.84. The van der Waals surface area contributed by atoms with Crippen LogP contribution in [0.2, 0.25) is 0 Å². The standard InChI is InChI=1S/C27H24O8/c1-32-17-8-9-18(23(12-17)33-2)20(13-24(30)34-3)25-22(29)11-10-19-26(31)21(14-35-27(19)25)15-4-6-16(28)7-5-15/h4-12,14,20,28-29H,13H2,1-3H3/t20-/m0/s1. The minimum absolute atomic E-state index is 0.0743. The smallest absolute Gasteiger partial charge is 0.306 e. The number of rotatable bonds is 7. The highest BCUT2D eigenvalue weighted by Gasteiger charge is 2.29. The van der Waals surface area contributed by atoms with E-state index in [2.05, 4.69) is 0 Å². The molecule has 0 aliphatic heterocycles. The maximum atomic E-state index is 13.4. The summed E-state index contributed by atoms with van der Waals surface area (Å²) in [7, 11) is 4.29. The lowest BCUT2D eigenvalue weighted by Crippen LogP contribution is -2.13. The molecule has 1 aromatic heterocycles. The molecule has 0 aliphatic rings. The third-order valence-corrected chi connectivity index (χ3v) is 5.90. The van der Waals surface area contributed by atoms with Crippen LogP contribution in [0.15, 0.2) is 70.1 Å². The summed E-state index contributed by atoms with van der Waals surface area (Å²) in [6.07, 6.45) is 1.16. The predicted molar refractivity (Wildman–Crippen MR) is 129 cm³/mol. The highest BCUT2D eigenvalue weighted by molar-refractivity contribution is 5.87. The lowest BCUT2D eigenvalue weighted by molar-refractivity contribution is -0.140. The molecular weight excluding hydrogens is 452 g/mol. The summed E-state index contributed by atoms with van der Waals surface area (Å²) in [5.74, 6) is -0.371. The fourth-order valence-corrected chi connectivity index (χ4v) is 4.11. The van der Waals surface area contributed by atoms with Crippen molar-refractivity contribution in [3.63, 3.8) is 0 Å². The van der Waals surface area contributed by atoms with Crippen LogP contribution < -0.4 is 14.9 Å². The molecule has 4 aromatic rings. The van der Waals surface area contributed by atoms with Crippen LogP contribution >= 0.6 is 0 Å². The van der Waals surface area contributed by atoms with E-state index in [4.69, 9.17) is 18.6 Å². The van der Waals surface area contributed by atoms with Crippen molar-refractivity contribution in [1.29, 1.82) is 0 Å². The number of phenolic OH excluding ortho intramolecular Hbond substituents is 2. The first-order valence-electron chi connectivity index (χ1n) is 10.7. The number of benzene rings is 3. The van der Waals surface area contributed by atoms with Gasteiger partial charge in [-0.2, -0.15) is 0 Å². The van der Waals surface area contributed by atoms with Crippen molar-refractivity contribution in [1.82, 2.24) is 0 Å². The van der Waals surface area contributed by atoms with Gasteiger partial charge in [0.2, 0.25) is 5.43 Å². The fraction of sp³-hybridized carbons (Fsp3) is 0.185. The lowest BCUT2D eigenvalue weighted by Gasteiger charge is -2.22. The van der Waals surface area contributed by atoms with Crippen LogP contribution in [-0.4, -0.2) is 37.5 Å². The number of esters is 1. The van der Waals surface area contributed by atoms with Crippen molar-refractivity contribution in [3.05, 3.63) is 82.2 Å². The van der Waals surface area contributed by atoms with Gasteiger partial charge in [-0.15, -0.1) is 0 Å². The fourth-order valence-electron chi connectivity index (χ4n) is 4.11. The molecule has 0 spiro atoms. The third kappa shape index (κ3) is 4.50. The SMILES string of the molecule is COC(=O)C[C@@H](c1ccc(OC)cc1OC)c1c(O)ccc2c(=O)c(-c3ccc(O)cc3)coc12. The summed E-state index contributed by atoms with van der Waals surface area (Å²) < 4.78 is 21.6. The van der Waals surface area contributed by atoms with E-state index in [0.717, 1.165) is 0 Å². The van der Waals surface area contributed by atoms with Crippen LogP contribution in [0.4, 0.5) is 0 Å². The molecule has 180 valence electrons. The van der Waals surface area contributed by atoms with Crippen LogP contribution in [0.3, 0.4) is 0 Å². The number of aromatic hydroxyl groups is 2. The summed E-state index contributed by atoms with van der Waals surface area (Å²) in [5.41, 5.74) is 1.51. The van der Waals surface area contributed by atoms with E-state index in [-0.39, 0.29) is 39.9 Å². The van der Waals surface area contributed by atoms with Crippen LogP contribution in [0.1, 0.15) is 23.5 Å². The van der Waals surface area contributed by atoms with Gasteiger partial charge in [0.1, 0.15) is 34.8 Å². The summed E-state index contributed by atoms with van der Waals surface area (Å²) in [4.78, 5) is 25.8. The molecular formula is C27H24O8. The van der Waals surface area contributed by atoms with E-state index in [0.29, 0.717) is 28.2 Å². The monoisotopic (exact) mass is 476 g/mol. The molecule has 3 aromatic carbocycles. The number of carbonyl (C=O) groups is 1. The largest absolute Gasteiger partial charge is 0.508 e. The van der Waals surface area contributed by atoms with Gasteiger partial charge in [-0.05, 0) is 35.9 Å². The second kappa shape index (κ2) is 9.80. The summed E-state index contributed by atoms with van der Waals surface area (Å²) in [5, 5.41) is 20.7. The van der Waals surface area contributed by atoms with E-state index in [1.165, 1.54) is 51.9 Å². The second-order valence-corrected chi connectivity index (χ2v) is 7.84. The highest BCUT2D eigenvalue weighted by Crippen LogP contribution is 2.43. The van der Waals surface area contributed by atoms with Crippen LogP contribution in [0, 0.1) is 0 Å². The zero-order valence-electron chi connectivity index (χ0n) is 19.4.